The molecule has 0 radical (unpaired) electrons. The van der Waals surface area contributed by atoms with E-state index in [-0.39, 0.29) is 19.3 Å². The van der Waals surface area contributed by atoms with Crippen LogP contribution in [-0.2, 0) is 23.1 Å². The van der Waals surface area contributed by atoms with Gasteiger partial charge in [-0.1, -0.05) is 37.3 Å². The van der Waals surface area contributed by atoms with E-state index in [1.807, 2.05) is 37.3 Å². The minimum absolute atomic E-state index is 0.184. The Bertz CT molecular complexity index is 562. The molecule has 1 rings (SSSR count). The summed E-state index contributed by atoms with van der Waals surface area (Å²) in [6.07, 6.45) is -0.323. The average molecular weight is 356 g/mol. The van der Waals surface area contributed by atoms with E-state index in [1.54, 1.807) is 34.6 Å². The molecule has 0 aliphatic heterocycles. The van der Waals surface area contributed by atoms with E-state index in [4.69, 9.17) is 13.8 Å². The standard InChI is InChI=1S/C18H29O5P/c1-7-21-24(20,22-8-2)18(6,17(19)23-14(3)4)15(5)16-12-10-9-11-13-16/h9-15H,7-8H2,1-6H3/t15-,18+/m1/s1. The Balaban J connectivity index is 3.44. The first kappa shape index (κ1) is 20.9. The summed E-state index contributed by atoms with van der Waals surface area (Å²) in [6, 6.07) is 9.45. The van der Waals surface area contributed by atoms with Crippen LogP contribution in [0.15, 0.2) is 30.3 Å². The maximum absolute atomic E-state index is 13.5. The Labute approximate surface area is 145 Å². The first-order valence-corrected chi connectivity index (χ1v) is 9.92. The molecule has 1 aromatic carbocycles. The maximum atomic E-state index is 13.5. The van der Waals surface area contributed by atoms with Crippen molar-refractivity contribution in [3.8, 4) is 0 Å². The third-order valence-corrected chi connectivity index (χ3v) is 6.97. The minimum Gasteiger partial charge on any atom is -0.462 e. The molecule has 0 fully saturated rings. The largest absolute Gasteiger partial charge is 0.462 e. The Morgan fingerprint density at radius 1 is 1.08 bits per heavy atom. The van der Waals surface area contributed by atoms with Gasteiger partial charge < -0.3 is 13.8 Å². The molecule has 0 aromatic heterocycles. The van der Waals surface area contributed by atoms with Crippen LogP contribution in [0.3, 0.4) is 0 Å². The van der Waals surface area contributed by atoms with Crippen LogP contribution in [0.1, 0.15) is 53.0 Å². The molecular weight excluding hydrogens is 327 g/mol. The van der Waals surface area contributed by atoms with Crippen LogP contribution in [0.4, 0.5) is 0 Å². The Hall–Kier alpha value is -1.16. The van der Waals surface area contributed by atoms with E-state index >= 15 is 0 Å². The van der Waals surface area contributed by atoms with Gasteiger partial charge in [0.2, 0.25) is 0 Å². The highest BCUT2D eigenvalue weighted by molar-refractivity contribution is 7.56. The molecule has 0 spiro atoms. The van der Waals surface area contributed by atoms with Crippen LogP contribution in [-0.4, -0.2) is 30.4 Å². The SMILES string of the molecule is CCOP(=O)(OCC)[C@](C)(C(=O)OC(C)C)[C@H](C)c1ccccc1. The molecule has 2 atom stereocenters. The van der Waals surface area contributed by atoms with Gasteiger partial charge in [0.15, 0.2) is 5.16 Å². The first-order valence-electron chi connectivity index (χ1n) is 8.38. The van der Waals surface area contributed by atoms with E-state index in [2.05, 4.69) is 0 Å². The van der Waals surface area contributed by atoms with Gasteiger partial charge in [-0.3, -0.25) is 9.36 Å². The van der Waals surface area contributed by atoms with Gasteiger partial charge in [-0.2, -0.15) is 0 Å². The summed E-state index contributed by atoms with van der Waals surface area (Å²) in [7, 11) is -3.75. The summed E-state index contributed by atoms with van der Waals surface area (Å²) >= 11 is 0. The van der Waals surface area contributed by atoms with Crippen molar-refractivity contribution in [1.82, 2.24) is 0 Å². The van der Waals surface area contributed by atoms with E-state index in [0.29, 0.717) is 0 Å². The number of carbonyl (C=O) groups is 1. The molecular formula is C18H29O5P. The van der Waals surface area contributed by atoms with Gasteiger partial charge in [-0.25, -0.2) is 0 Å². The zero-order valence-corrected chi connectivity index (χ0v) is 16.3. The van der Waals surface area contributed by atoms with Gasteiger partial charge in [0.1, 0.15) is 0 Å². The molecule has 0 heterocycles. The van der Waals surface area contributed by atoms with E-state index in [9.17, 15) is 9.36 Å². The van der Waals surface area contributed by atoms with E-state index < -0.39 is 24.6 Å². The predicted molar refractivity (Wildman–Crippen MR) is 95.3 cm³/mol. The second-order valence-electron chi connectivity index (χ2n) is 6.07. The van der Waals surface area contributed by atoms with Crippen LogP contribution in [0.25, 0.3) is 0 Å². The van der Waals surface area contributed by atoms with Crippen LogP contribution in [0.2, 0.25) is 0 Å². The number of benzene rings is 1. The highest BCUT2D eigenvalue weighted by Crippen LogP contribution is 2.65. The summed E-state index contributed by atoms with van der Waals surface area (Å²) in [6.45, 7) is 10.8. The number of ether oxygens (including phenoxy) is 1. The molecule has 1 aromatic rings. The Kier molecular flexibility index (Phi) is 7.65. The van der Waals surface area contributed by atoms with E-state index in [0.717, 1.165) is 5.56 Å². The van der Waals surface area contributed by atoms with Gasteiger partial charge in [-0.15, -0.1) is 0 Å². The fourth-order valence-corrected chi connectivity index (χ4v) is 4.76. The zero-order valence-electron chi connectivity index (χ0n) is 15.4. The molecule has 0 saturated carbocycles. The van der Waals surface area contributed by atoms with Crippen molar-refractivity contribution in [2.24, 2.45) is 0 Å². The number of hydrogen-bond donors (Lipinski definition) is 0. The van der Waals surface area contributed by atoms with Crippen molar-refractivity contribution in [3.63, 3.8) is 0 Å². The van der Waals surface area contributed by atoms with Crippen molar-refractivity contribution in [3.05, 3.63) is 35.9 Å². The van der Waals surface area contributed by atoms with Crippen molar-refractivity contribution >= 4 is 13.6 Å². The fourth-order valence-electron chi connectivity index (χ4n) is 2.57. The third-order valence-electron chi connectivity index (χ3n) is 4.07. The van der Waals surface area contributed by atoms with Gasteiger partial charge in [0.05, 0.1) is 19.3 Å². The lowest BCUT2D eigenvalue weighted by Gasteiger charge is -2.38. The van der Waals surface area contributed by atoms with Crippen molar-refractivity contribution in [1.29, 1.82) is 0 Å². The molecule has 0 aliphatic rings. The summed E-state index contributed by atoms with van der Waals surface area (Å²) in [5.74, 6) is -0.979. The summed E-state index contributed by atoms with van der Waals surface area (Å²) in [4.78, 5) is 12.9. The summed E-state index contributed by atoms with van der Waals surface area (Å²) in [5.41, 5.74) is 0.875. The minimum atomic E-state index is -3.75. The lowest BCUT2D eigenvalue weighted by atomic mass is 9.88. The number of hydrogen-bond acceptors (Lipinski definition) is 5. The topological polar surface area (TPSA) is 61.8 Å². The fraction of sp³-hybridized carbons (Fsp3) is 0.611. The van der Waals surface area contributed by atoms with Gasteiger partial charge in [0.25, 0.3) is 0 Å². The maximum Gasteiger partial charge on any atom is 0.348 e. The highest BCUT2D eigenvalue weighted by Gasteiger charge is 2.58. The molecule has 0 bridgehead atoms. The second kappa shape index (κ2) is 8.80. The molecule has 5 nitrogen and oxygen atoms in total. The van der Waals surface area contributed by atoms with Crippen molar-refractivity contribution < 1.29 is 23.1 Å². The number of carbonyl (C=O) groups excluding carboxylic acids is 1. The first-order chi connectivity index (χ1) is 11.2. The normalized spacial score (nSPS) is 15.8. The smallest absolute Gasteiger partial charge is 0.348 e. The van der Waals surface area contributed by atoms with Crippen molar-refractivity contribution in [2.75, 3.05) is 13.2 Å². The van der Waals surface area contributed by atoms with Crippen molar-refractivity contribution in [2.45, 2.75) is 58.7 Å². The molecule has 24 heavy (non-hydrogen) atoms. The van der Waals surface area contributed by atoms with Crippen LogP contribution >= 0.6 is 7.60 Å². The molecule has 6 heteroatoms. The molecule has 0 amide bonds. The molecule has 136 valence electrons. The molecule has 0 N–H and O–H groups in total. The highest BCUT2D eigenvalue weighted by atomic mass is 31.2. The van der Waals surface area contributed by atoms with Crippen LogP contribution in [0.5, 0.6) is 0 Å². The number of rotatable bonds is 9. The zero-order chi connectivity index (χ0) is 18.4. The summed E-state index contributed by atoms with van der Waals surface area (Å²) < 4.78 is 30.0. The molecule has 0 aliphatic carbocycles. The molecule has 0 saturated heterocycles. The van der Waals surface area contributed by atoms with Crippen LogP contribution < -0.4 is 0 Å². The summed E-state index contributed by atoms with van der Waals surface area (Å²) in [5, 5.41) is -1.44. The quantitative estimate of drug-likeness (QED) is 0.471. The Morgan fingerprint density at radius 3 is 2.00 bits per heavy atom. The van der Waals surface area contributed by atoms with Gasteiger partial charge in [0, 0.05) is 5.92 Å². The monoisotopic (exact) mass is 356 g/mol. The van der Waals surface area contributed by atoms with E-state index in [1.165, 1.54) is 0 Å². The third kappa shape index (κ3) is 4.27. The second-order valence-corrected chi connectivity index (χ2v) is 8.51. The van der Waals surface area contributed by atoms with Gasteiger partial charge in [-0.05, 0) is 40.2 Å². The average Bonchev–Trinajstić information content (AvgIpc) is 2.53. The lowest BCUT2D eigenvalue weighted by molar-refractivity contribution is -0.151. The van der Waals surface area contributed by atoms with Crippen LogP contribution in [0, 0.1) is 0 Å². The Morgan fingerprint density at radius 2 is 1.58 bits per heavy atom. The number of esters is 1. The predicted octanol–water partition coefficient (Wildman–Crippen LogP) is 4.77. The molecule has 0 unspecified atom stereocenters. The van der Waals surface area contributed by atoms with Gasteiger partial charge >= 0.3 is 13.6 Å². The lowest BCUT2D eigenvalue weighted by Crippen LogP contribution is -2.44.